The minimum Gasteiger partial charge on any atom is -0.330 e. The molecule has 0 unspecified atom stereocenters. The molecule has 2 aromatic heterocycles. The maximum atomic E-state index is 13.5. The number of nitrogens with zero attached hydrogens (tertiary/aromatic N) is 2. The highest BCUT2D eigenvalue weighted by molar-refractivity contribution is 7.13. The number of hydrogen-bond donors (Lipinski definition) is 1. The fourth-order valence-electron chi connectivity index (χ4n) is 2.19. The maximum absolute atomic E-state index is 13.5. The SMILES string of the molecule is NCCCn1c(-c2cccs2)nc2cc(F)c(F)cc21. The standard InChI is InChI=1S/C14H13F2N3S/c15-9-7-11-12(8-10(9)16)19(5-2-4-17)14(18-11)13-3-1-6-20-13/h1,3,6-8H,2,4-5,17H2. The number of rotatable bonds is 4. The monoisotopic (exact) mass is 293 g/mol. The van der Waals surface area contributed by atoms with E-state index in [2.05, 4.69) is 4.98 Å². The number of aryl methyl sites for hydroxylation is 1. The molecule has 0 radical (unpaired) electrons. The van der Waals surface area contributed by atoms with Crippen molar-refractivity contribution in [2.45, 2.75) is 13.0 Å². The summed E-state index contributed by atoms with van der Waals surface area (Å²) in [5, 5.41) is 1.95. The van der Waals surface area contributed by atoms with Crippen molar-refractivity contribution in [3.05, 3.63) is 41.3 Å². The number of aromatic nitrogens is 2. The van der Waals surface area contributed by atoms with E-state index in [-0.39, 0.29) is 0 Å². The summed E-state index contributed by atoms with van der Waals surface area (Å²) in [4.78, 5) is 5.41. The van der Waals surface area contributed by atoms with Crippen molar-refractivity contribution in [3.63, 3.8) is 0 Å². The van der Waals surface area contributed by atoms with E-state index in [0.717, 1.165) is 23.2 Å². The van der Waals surface area contributed by atoms with E-state index in [0.29, 0.717) is 24.1 Å². The Morgan fingerprint density at radius 1 is 1.25 bits per heavy atom. The summed E-state index contributed by atoms with van der Waals surface area (Å²) in [6, 6.07) is 6.21. The zero-order valence-electron chi connectivity index (χ0n) is 10.6. The fraction of sp³-hybridized carbons (Fsp3) is 0.214. The Labute approximate surface area is 118 Å². The Balaban J connectivity index is 2.22. The van der Waals surface area contributed by atoms with Gasteiger partial charge < -0.3 is 10.3 Å². The Kier molecular flexibility index (Phi) is 3.50. The Morgan fingerprint density at radius 3 is 2.75 bits per heavy atom. The lowest BCUT2D eigenvalue weighted by Gasteiger charge is -2.07. The predicted molar refractivity (Wildman–Crippen MR) is 76.6 cm³/mol. The van der Waals surface area contributed by atoms with Gasteiger partial charge in [-0.15, -0.1) is 11.3 Å². The van der Waals surface area contributed by atoms with Crippen LogP contribution in [0.25, 0.3) is 21.7 Å². The van der Waals surface area contributed by atoms with Crippen LogP contribution in [-0.2, 0) is 6.54 Å². The number of fused-ring (bicyclic) bond motifs is 1. The quantitative estimate of drug-likeness (QED) is 0.801. The molecule has 0 saturated heterocycles. The van der Waals surface area contributed by atoms with Crippen LogP contribution in [0, 0.1) is 11.6 Å². The molecule has 0 spiro atoms. The smallest absolute Gasteiger partial charge is 0.161 e. The second-order valence-electron chi connectivity index (χ2n) is 4.46. The topological polar surface area (TPSA) is 43.8 Å². The average Bonchev–Trinajstić information content (AvgIpc) is 3.05. The first kappa shape index (κ1) is 13.2. The lowest BCUT2D eigenvalue weighted by Crippen LogP contribution is -2.06. The molecule has 104 valence electrons. The molecule has 3 nitrogen and oxygen atoms in total. The average molecular weight is 293 g/mol. The minimum atomic E-state index is -0.876. The molecule has 0 aliphatic carbocycles. The first-order chi connectivity index (χ1) is 9.70. The van der Waals surface area contributed by atoms with Crippen molar-refractivity contribution in [2.75, 3.05) is 6.54 Å². The number of thiophene rings is 1. The molecule has 2 heterocycles. The van der Waals surface area contributed by atoms with Gasteiger partial charge in [-0.2, -0.15) is 0 Å². The van der Waals surface area contributed by atoms with Gasteiger partial charge in [0.25, 0.3) is 0 Å². The van der Waals surface area contributed by atoms with Gasteiger partial charge >= 0.3 is 0 Å². The molecule has 3 rings (SSSR count). The van der Waals surface area contributed by atoms with E-state index in [1.54, 1.807) is 11.3 Å². The molecule has 0 aliphatic heterocycles. The van der Waals surface area contributed by atoms with Crippen LogP contribution in [0.1, 0.15) is 6.42 Å². The van der Waals surface area contributed by atoms with Crippen LogP contribution in [0.5, 0.6) is 0 Å². The van der Waals surface area contributed by atoms with Crippen molar-refractivity contribution >= 4 is 22.4 Å². The van der Waals surface area contributed by atoms with Gasteiger partial charge in [-0.25, -0.2) is 13.8 Å². The van der Waals surface area contributed by atoms with Gasteiger partial charge in [0.2, 0.25) is 0 Å². The fourth-order valence-corrected chi connectivity index (χ4v) is 2.91. The van der Waals surface area contributed by atoms with Crippen LogP contribution in [-0.4, -0.2) is 16.1 Å². The van der Waals surface area contributed by atoms with Gasteiger partial charge in [0, 0.05) is 18.7 Å². The third-order valence-electron chi connectivity index (χ3n) is 3.12. The second-order valence-corrected chi connectivity index (χ2v) is 5.41. The van der Waals surface area contributed by atoms with Gasteiger partial charge in [-0.05, 0) is 24.4 Å². The molecule has 0 bridgehead atoms. The van der Waals surface area contributed by atoms with Crippen LogP contribution in [0.2, 0.25) is 0 Å². The molecule has 2 N–H and O–H groups in total. The molecule has 6 heteroatoms. The van der Waals surface area contributed by atoms with Crippen molar-refractivity contribution < 1.29 is 8.78 Å². The zero-order valence-corrected chi connectivity index (χ0v) is 11.5. The van der Waals surface area contributed by atoms with Crippen molar-refractivity contribution in [1.82, 2.24) is 9.55 Å². The Hall–Kier alpha value is -1.79. The zero-order chi connectivity index (χ0) is 14.1. The lowest BCUT2D eigenvalue weighted by molar-refractivity contribution is 0.510. The molecular weight excluding hydrogens is 280 g/mol. The number of halogens is 2. The van der Waals surface area contributed by atoms with Crippen molar-refractivity contribution in [3.8, 4) is 10.7 Å². The summed E-state index contributed by atoms with van der Waals surface area (Å²) in [5.74, 6) is -1.00. The van der Waals surface area contributed by atoms with Crippen LogP contribution in [0.3, 0.4) is 0 Å². The van der Waals surface area contributed by atoms with Crippen molar-refractivity contribution in [1.29, 1.82) is 0 Å². The van der Waals surface area contributed by atoms with Crippen LogP contribution in [0.4, 0.5) is 8.78 Å². The summed E-state index contributed by atoms with van der Waals surface area (Å²) in [5.41, 5.74) is 6.61. The van der Waals surface area contributed by atoms with Crippen LogP contribution in [0.15, 0.2) is 29.6 Å². The van der Waals surface area contributed by atoms with E-state index in [9.17, 15) is 8.78 Å². The summed E-state index contributed by atoms with van der Waals surface area (Å²) in [7, 11) is 0. The minimum absolute atomic E-state index is 0.462. The molecular formula is C14H13F2N3S. The highest BCUT2D eigenvalue weighted by Gasteiger charge is 2.15. The normalized spacial score (nSPS) is 11.3. The predicted octanol–water partition coefficient (Wildman–Crippen LogP) is 3.39. The highest BCUT2D eigenvalue weighted by Crippen LogP contribution is 2.29. The molecule has 0 saturated carbocycles. The Morgan fingerprint density at radius 2 is 2.05 bits per heavy atom. The third kappa shape index (κ3) is 2.21. The molecule has 0 aliphatic rings. The van der Waals surface area contributed by atoms with E-state index in [1.165, 1.54) is 6.07 Å². The third-order valence-corrected chi connectivity index (χ3v) is 3.98. The van der Waals surface area contributed by atoms with E-state index in [1.807, 2.05) is 22.1 Å². The molecule has 0 fully saturated rings. The van der Waals surface area contributed by atoms with Gasteiger partial charge in [0.1, 0.15) is 0 Å². The van der Waals surface area contributed by atoms with E-state index < -0.39 is 11.6 Å². The summed E-state index contributed by atoms with van der Waals surface area (Å²) >= 11 is 1.55. The van der Waals surface area contributed by atoms with Gasteiger partial charge in [0.05, 0.1) is 15.9 Å². The number of imidazole rings is 1. The van der Waals surface area contributed by atoms with Gasteiger partial charge in [0.15, 0.2) is 17.5 Å². The van der Waals surface area contributed by atoms with E-state index >= 15 is 0 Å². The first-order valence-corrected chi connectivity index (χ1v) is 7.18. The lowest BCUT2D eigenvalue weighted by atomic mass is 10.3. The van der Waals surface area contributed by atoms with Gasteiger partial charge in [-0.3, -0.25) is 0 Å². The second kappa shape index (κ2) is 5.30. The van der Waals surface area contributed by atoms with Crippen LogP contribution >= 0.6 is 11.3 Å². The first-order valence-electron chi connectivity index (χ1n) is 6.30. The highest BCUT2D eigenvalue weighted by atomic mass is 32.1. The summed E-state index contributed by atoms with van der Waals surface area (Å²) in [6.07, 6.45) is 0.753. The van der Waals surface area contributed by atoms with Crippen molar-refractivity contribution in [2.24, 2.45) is 5.73 Å². The molecule has 0 atom stereocenters. The van der Waals surface area contributed by atoms with E-state index in [4.69, 9.17) is 5.73 Å². The Bertz CT molecular complexity index is 735. The summed E-state index contributed by atoms with van der Waals surface area (Å²) < 4.78 is 28.7. The molecule has 1 aromatic carbocycles. The maximum Gasteiger partial charge on any atom is 0.161 e. The van der Waals surface area contributed by atoms with Gasteiger partial charge in [-0.1, -0.05) is 6.07 Å². The number of benzene rings is 1. The molecule has 0 amide bonds. The largest absolute Gasteiger partial charge is 0.330 e. The summed E-state index contributed by atoms with van der Waals surface area (Å²) in [6.45, 7) is 1.17. The number of nitrogens with two attached hydrogens (primary N) is 1. The number of hydrogen-bond acceptors (Lipinski definition) is 3. The van der Waals surface area contributed by atoms with Crippen LogP contribution < -0.4 is 5.73 Å². The molecule has 3 aromatic rings. The molecule has 20 heavy (non-hydrogen) atoms.